The molecule has 1 rings (SSSR count). The van der Waals surface area contributed by atoms with E-state index in [2.05, 4.69) is 5.32 Å². The first-order valence-corrected chi connectivity index (χ1v) is 6.41. The van der Waals surface area contributed by atoms with Crippen molar-refractivity contribution in [2.45, 2.75) is 58.6 Å². The third-order valence-electron chi connectivity index (χ3n) is 3.21. The third kappa shape index (κ3) is 4.55. The molecule has 0 radical (unpaired) electrons. The largest absolute Gasteiger partial charge is 0.481 e. The second-order valence-electron chi connectivity index (χ2n) is 6.08. The zero-order valence-electron chi connectivity index (χ0n) is 11.5. The summed E-state index contributed by atoms with van der Waals surface area (Å²) in [4.78, 5) is 22.6. The summed E-state index contributed by atoms with van der Waals surface area (Å²) in [5.41, 5.74) is -0.506. The number of rotatable bonds is 2. The average Bonchev–Trinajstić information content (AvgIpc) is 2.13. The molecular weight excluding hydrogens is 234 g/mol. The summed E-state index contributed by atoms with van der Waals surface area (Å²) in [6, 6.07) is 0.0189. The van der Waals surface area contributed by atoms with Crippen LogP contribution in [0.2, 0.25) is 0 Å². The Morgan fingerprint density at radius 2 is 1.89 bits per heavy atom. The highest BCUT2D eigenvalue weighted by molar-refractivity contribution is 5.71. The minimum Gasteiger partial charge on any atom is -0.481 e. The number of aliphatic carboxylic acids is 1. The fraction of sp³-hybridized carbons (Fsp3) is 0.846. The molecule has 5 heteroatoms. The van der Waals surface area contributed by atoms with Gasteiger partial charge in [0.25, 0.3) is 0 Å². The second-order valence-corrected chi connectivity index (χ2v) is 6.08. The van der Waals surface area contributed by atoms with Crippen LogP contribution in [0.1, 0.15) is 47.0 Å². The standard InChI is InChI=1S/C13H23NO4/c1-8-7-9(5-6-10(8)11(15)16)14-12(17)18-13(2,3)4/h8-10H,5-7H2,1-4H3,(H,14,17)(H,15,16)/t8-,9+,10+/m1/s1. The number of carboxylic acid groups (broad SMARTS) is 1. The molecule has 0 saturated heterocycles. The normalized spacial score (nSPS) is 28.6. The highest BCUT2D eigenvalue weighted by Gasteiger charge is 2.33. The van der Waals surface area contributed by atoms with Gasteiger partial charge in [-0.25, -0.2) is 4.79 Å². The van der Waals surface area contributed by atoms with Gasteiger partial charge in [0.05, 0.1) is 5.92 Å². The fourth-order valence-electron chi connectivity index (χ4n) is 2.37. The first-order chi connectivity index (χ1) is 8.19. The Kier molecular flexibility index (Phi) is 4.59. The van der Waals surface area contributed by atoms with Crippen molar-refractivity contribution in [1.29, 1.82) is 0 Å². The Labute approximate surface area is 108 Å². The van der Waals surface area contributed by atoms with Gasteiger partial charge in [0.1, 0.15) is 5.60 Å². The van der Waals surface area contributed by atoms with Crippen molar-refractivity contribution in [1.82, 2.24) is 5.32 Å². The van der Waals surface area contributed by atoms with Gasteiger partial charge >= 0.3 is 12.1 Å². The number of hydrogen-bond acceptors (Lipinski definition) is 3. The van der Waals surface area contributed by atoms with Gasteiger partial charge < -0.3 is 15.2 Å². The van der Waals surface area contributed by atoms with Crippen molar-refractivity contribution in [2.24, 2.45) is 11.8 Å². The maximum atomic E-state index is 11.6. The summed E-state index contributed by atoms with van der Waals surface area (Å²) in [5.74, 6) is -0.948. The Morgan fingerprint density at radius 3 is 2.33 bits per heavy atom. The van der Waals surface area contributed by atoms with Gasteiger partial charge in [-0.15, -0.1) is 0 Å². The molecule has 1 aliphatic carbocycles. The van der Waals surface area contributed by atoms with Gasteiger partial charge in [0, 0.05) is 6.04 Å². The SMILES string of the molecule is C[C@@H]1C[C@@H](NC(=O)OC(C)(C)C)CC[C@@H]1C(=O)O. The summed E-state index contributed by atoms with van der Waals surface area (Å²) >= 11 is 0. The molecule has 0 aromatic rings. The Hall–Kier alpha value is -1.26. The maximum absolute atomic E-state index is 11.6. The lowest BCUT2D eigenvalue weighted by Gasteiger charge is -2.32. The molecule has 0 unspecified atom stereocenters. The van der Waals surface area contributed by atoms with Gasteiger partial charge in [-0.3, -0.25) is 4.79 Å². The topological polar surface area (TPSA) is 75.6 Å². The van der Waals surface area contributed by atoms with Gasteiger partial charge in [-0.05, 0) is 46.0 Å². The summed E-state index contributed by atoms with van der Waals surface area (Å²) in [7, 11) is 0. The number of nitrogens with one attached hydrogen (secondary N) is 1. The highest BCUT2D eigenvalue weighted by atomic mass is 16.6. The van der Waals surface area contributed by atoms with Crippen LogP contribution in [-0.4, -0.2) is 28.8 Å². The minimum atomic E-state index is -0.738. The minimum absolute atomic E-state index is 0.0189. The predicted molar refractivity (Wildman–Crippen MR) is 67.3 cm³/mol. The first-order valence-electron chi connectivity index (χ1n) is 6.41. The van der Waals surface area contributed by atoms with Crippen LogP contribution in [0.5, 0.6) is 0 Å². The van der Waals surface area contributed by atoms with Crippen LogP contribution in [0.15, 0.2) is 0 Å². The van der Waals surface area contributed by atoms with E-state index in [0.717, 1.165) is 0 Å². The summed E-state index contributed by atoms with van der Waals surface area (Å²) in [6.07, 6.45) is 1.57. The fourth-order valence-corrected chi connectivity index (χ4v) is 2.37. The lowest BCUT2D eigenvalue weighted by molar-refractivity contribution is -0.144. The second kappa shape index (κ2) is 5.59. The molecule has 18 heavy (non-hydrogen) atoms. The lowest BCUT2D eigenvalue weighted by Crippen LogP contribution is -2.43. The highest BCUT2D eigenvalue weighted by Crippen LogP contribution is 2.30. The number of carbonyl (C=O) groups is 2. The van der Waals surface area contributed by atoms with Gasteiger partial charge in [0.2, 0.25) is 0 Å². The van der Waals surface area contributed by atoms with Gasteiger partial charge in [0.15, 0.2) is 0 Å². The van der Waals surface area contributed by atoms with Crippen molar-refractivity contribution in [3.05, 3.63) is 0 Å². The molecule has 5 nitrogen and oxygen atoms in total. The monoisotopic (exact) mass is 257 g/mol. The molecule has 0 aromatic carbocycles. The molecule has 1 fully saturated rings. The van der Waals surface area contributed by atoms with Gasteiger partial charge in [-0.1, -0.05) is 6.92 Å². The van der Waals surface area contributed by atoms with Crippen molar-refractivity contribution in [3.8, 4) is 0 Å². The van der Waals surface area contributed by atoms with E-state index >= 15 is 0 Å². The molecule has 0 spiro atoms. The van der Waals surface area contributed by atoms with E-state index in [-0.39, 0.29) is 17.9 Å². The maximum Gasteiger partial charge on any atom is 0.407 e. The molecular formula is C13H23NO4. The number of carbonyl (C=O) groups excluding carboxylic acids is 1. The summed E-state index contributed by atoms with van der Waals surface area (Å²) in [6.45, 7) is 7.37. The molecule has 0 heterocycles. The van der Waals surface area contributed by atoms with Crippen molar-refractivity contribution < 1.29 is 19.4 Å². The molecule has 1 aliphatic rings. The van der Waals surface area contributed by atoms with Crippen molar-refractivity contribution in [2.75, 3.05) is 0 Å². The smallest absolute Gasteiger partial charge is 0.407 e. The van der Waals surface area contributed by atoms with E-state index < -0.39 is 17.7 Å². The molecule has 1 amide bonds. The first kappa shape index (κ1) is 14.8. The zero-order valence-corrected chi connectivity index (χ0v) is 11.5. The van der Waals surface area contributed by atoms with Crippen LogP contribution in [0, 0.1) is 11.8 Å². The molecule has 0 aliphatic heterocycles. The van der Waals surface area contributed by atoms with Crippen LogP contribution in [0.25, 0.3) is 0 Å². The Bertz CT molecular complexity index is 321. The average molecular weight is 257 g/mol. The van der Waals surface area contributed by atoms with E-state index in [4.69, 9.17) is 9.84 Å². The molecule has 3 atom stereocenters. The molecule has 0 aromatic heterocycles. The van der Waals surface area contributed by atoms with E-state index in [1.54, 1.807) is 0 Å². The van der Waals surface area contributed by atoms with Crippen LogP contribution in [0.3, 0.4) is 0 Å². The molecule has 1 saturated carbocycles. The van der Waals surface area contributed by atoms with E-state index in [0.29, 0.717) is 19.3 Å². The zero-order chi connectivity index (χ0) is 13.9. The van der Waals surface area contributed by atoms with Crippen LogP contribution in [-0.2, 0) is 9.53 Å². The van der Waals surface area contributed by atoms with Crippen LogP contribution < -0.4 is 5.32 Å². The number of hydrogen-bond donors (Lipinski definition) is 2. The summed E-state index contributed by atoms with van der Waals surface area (Å²) in [5, 5.41) is 11.8. The number of alkyl carbamates (subject to hydrolysis) is 1. The quantitative estimate of drug-likeness (QED) is 0.796. The molecule has 104 valence electrons. The predicted octanol–water partition coefficient (Wildman–Crippen LogP) is 2.40. The summed E-state index contributed by atoms with van der Waals surface area (Å²) < 4.78 is 5.18. The Morgan fingerprint density at radius 1 is 1.28 bits per heavy atom. The molecule has 2 N–H and O–H groups in total. The number of carboxylic acids is 1. The molecule has 0 bridgehead atoms. The Balaban J connectivity index is 2.43. The van der Waals surface area contributed by atoms with Crippen LogP contribution in [0.4, 0.5) is 4.79 Å². The van der Waals surface area contributed by atoms with Crippen LogP contribution >= 0.6 is 0 Å². The number of ether oxygens (including phenoxy) is 1. The van der Waals surface area contributed by atoms with E-state index in [1.165, 1.54) is 0 Å². The van der Waals surface area contributed by atoms with Gasteiger partial charge in [-0.2, -0.15) is 0 Å². The van der Waals surface area contributed by atoms with E-state index in [9.17, 15) is 9.59 Å². The van der Waals surface area contributed by atoms with E-state index in [1.807, 2.05) is 27.7 Å². The van der Waals surface area contributed by atoms with Crippen molar-refractivity contribution >= 4 is 12.1 Å². The van der Waals surface area contributed by atoms with Crippen molar-refractivity contribution in [3.63, 3.8) is 0 Å². The lowest BCUT2D eigenvalue weighted by atomic mass is 9.78. The third-order valence-corrected chi connectivity index (χ3v) is 3.21. The number of amides is 1.